The van der Waals surface area contributed by atoms with E-state index in [4.69, 9.17) is 4.74 Å². The Hall–Kier alpha value is 1.71. The average Bonchev–Trinajstić information content (AvgIpc) is 2.33. The van der Waals surface area contributed by atoms with Gasteiger partial charge in [-0.3, -0.25) is 0 Å². The molecule has 6 heteroatoms. The van der Waals surface area contributed by atoms with Crippen molar-refractivity contribution in [3.8, 4) is 0 Å². The van der Waals surface area contributed by atoms with Crippen LogP contribution in [0.4, 0.5) is 0 Å². The lowest BCUT2D eigenvalue weighted by molar-refractivity contribution is 0.0753. The van der Waals surface area contributed by atoms with E-state index in [-0.39, 0.29) is 0 Å². The van der Waals surface area contributed by atoms with Crippen LogP contribution in [0.5, 0.6) is 0 Å². The number of rotatable bonds is 12. The summed E-state index contributed by atoms with van der Waals surface area (Å²) in [7, 11) is 0. The second-order valence-electron chi connectivity index (χ2n) is 5.88. The summed E-state index contributed by atoms with van der Waals surface area (Å²) in [4.78, 5) is 0. The molecule has 0 radical (unpaired) electrons. The van der Waals surface area contributed by atoms with E-state index >= 15 is 0 Å². The lowest BCUT2D eigenvalue weighted by atomic mass is 10.1. The minimum Gasteiger partial charge on any atom is -0.330 e. The molecule has 0 saturated heterocycles. The molecule has 0 heterocycles. The van der Waals surface area contributed by atoms with Crippen molar-refractivity contribution in [2.24, 2.45) is 0 Å². The zero-order valence-corrected chi connectivity index (χ0v) is 18.9. The largest absolute Gasteiger partial charge is 0.330 e. The Labute approximate surface area is 166 Å². The highest BCUT2D eigenvalue weighted by Gasteiger charge is 2.23. The quantitative estimate of drug-likeness (QED) is 0.135. The highest BCUT2D eigenvalue weighted by molar-refractivity contribution is 8.01. The Bertz CT molecular complexity index is 202. The van der Waals surface area contributed by atoms with Gasteiger partial charge in [0.1, 0.15) is 0 Å². The molecule has 0 saturated carbocycles. The first-order valence-corrected chi connectivity index (χ1v) is 10.7. The van der Waals surface area contributed by atoms with Crippen molar-refractivity contribution in [2.45, 2.75) is 93.5 Å². The van der Waals surface area contributed by atoms with Crippen LogP contribution in [0.25, 0.3) is 0 Å². The molecular weight excluding hydrogens is 369 g/mol. The molecule has 0 aromatic heterocycles. The molecule has 0 aliphatic rings. The fourth-order valence-corrected chi connectivity index (χ4v) is 3.21. The summed E-state index contributed by atoms with van der Waals surface area (Å²) < 4.78 is 3.52. The van der Waals surface area contributed by atoms with Crippen LogP contribution in [0.15, 0.2) is 0 Å². The predicted molar refractivity (Wildman–Crippen MR) is 120 cm³/mol. The predicted octanol–water partition coefficient (Wildman–Crippen LogP) is 6.91. The average molecular weight is 405 g/mol. The number of hydrogen-bond donors (Lipinski definition) is 5. The molecule has 0 unspecified atom stereocenters. The van der Waals surface area contributed by atoms with Crippen molar-refractivity contribution in [1.29, 1.82) is 0 Å². The molecule has 0 N–H and O–H groups in total. The number of ether oxygens (including phenoxy) is 1. The van der Waals surface area contributed by atoms with Crippen molar-refractivity contribution < 1.29 is 4.74 Å². The van der Waals surface area contributed by atoms with Gasteiger partial charge in [-0.25, -0.2) is 0 Å². The highest BCUT2D eigenvalue weighted by Crippen LogP contribution is 2.31. The van der Waals surface area contributed by atoms with Crippen LogP contribution in [0.1, 0.15) is 85.0 Å². The summed E-state index contributed by atoms with van der Waals surface area (Å²) in [6.07, 6.45) is 14.2. The summed E-state index contributed by atoms with van der Waals surface area (Å²) in [5.74, 6) is 1.07. The molecule has 0 atom stereocenters. The summed E-state index contributed by atoms with van der Waals surface area (Å²) in [6.45, 7) is 5.67. The van der Waals surface area contributed by atoms with Crippen LogP contribution in [0.3, 0.4) is 0 Å². The van der Waals surface area contributed by atoms with Crippen LogP contribution < -0.4 is 0 Å². The zero-order chi connectivity index (χ0) is 17.5. The third-order valence-corrected chi connectivity index (χ3v) is 3.58. The molecule has 0 bridgehead atoms. The van der Waals surface area contributed by atoms with E-state index in [1.54, 1.807) is 13.8 Å². The zero-order valence-electron chi connectivity index (χ0n) is 14.4. The molecule has 136 valence electrons. The number of thiol groups is 5. The van der Waals surface area contributed by atoms with E-state index in [1.165, 1.54) is 64.2 Å². The fraction of sp³-hybridized carbons (Fsp3) is 1.00. The van der Waals surface area contributed by atoms with Gasteiger partial charge < -0.3 is 4.74 Å². The Kier molecular flexibility index (Phi) is 19.1. The van der Waals surface area contributed by atoms with Gasteiger partial charge in [0, 0.05) is 0 Å². The molecule has 0 aliphatic heterocycles. The monoisotopic (exact) mass is 404 g/mol. The van der Waals surface area contributed by atoms with Crippen molar-refractivity contribution in [1.82, 2.24) is 0 Å². The van der Waals surface area contributed by atoms with Gasteiger partial charge in [-0.2, -0.15) is 12.6 Å². The summed E-state index contributed by atoms with van der Waals surface area (Å²) in [5, 5.41) is 0. The van der Waals surface area contributed by atoms with E-state index < -0.39 is 8.53 Å². The first-order chi connectivity index (χ1) is 10.1. The van der Waals surface area contributed by atoms with Crippen molar-refractivity contribution in [3.63, 3.8) is 0 Å². The van der Waals surface area contributed by atoms with Crippen LogP contribution in [-0.2, 0) is 4.74 Å². The third kappa shape index (κ3) is 29.7. The lowest BCUT2D eigenvalue weighted by Gasteiger charge is -2.26. The Morgan fingerprint density at radius 1 is 0.636 bits per heavy atom. The van der Waals surface area contributed by atoms with E-state index in [0.717, 1.165) is 5.75 Å². The van der Waals surface area contributed by atoms with Gasteiger partial charge in [-0.1, -0.05) is 64.7 Å². The van der Waals surface area contributed by atoms with Crippen LogP contribution >= 0.6 is 63.1 Å². The topological polar surface area (TPSA) is 9.23 Å². The first-order valence-electron chi connectivity index (χ1n) is 8.33. The van der Waals surface area contributed by atoms with Gasteiger partial charge in [0.05, 0.1) is 0 Å². The maximum atomic E-state index is 5.08. The molecule has 0 fully saturated rings. The van der Waals surface area contributed by atoms with Crippen molar-refractivity contribution >= 4 is 63.1 Å². The normalized spacial score (nSPS) is 12.0. The summed E-state index contributed by atoms with van der Waals surface area (Å²) >= 11 is 20.2. The smallest absolute Gasteiger partial charge is 0.154 e. The molecule has 0 amide bonds. The summed E-state index contributed by atoms with van der Waals surface area (Å²) in [5.41, 5.74) is 0. The van der Waals surface area contributed by atoms with Crippen LogP contribution in [-0.4, -0.2) is 14.3 Å². The lowest BCUT2D eigenvalue weighted by Crippen LogP contribution is -2.24. The van der Waals surface area contributed by atoms with Crippen LogP contribution in [0.2, 0.25) is 0 Å². The maximum absolute atomic E-state index is 5.08. The molecule has 1 nitrogen and oxygen atoms in total. The van der Waals surface area contributed by atoms with E-state index in [1.807, 2.05) is 0 Å². The van der Waals surface area contributed by atoms with Gasteiger partial charge in [0.15, 0.2) is 8.53 Å². The molecule has 0 rings (SSSR count). The summed E-state index contributed by atoms with van der Waals surface area (Å²) in [6, 6.07) is 0. The molecule has 0 aromatic rings. The minimum atomic E-state index is -0.780. The number of unbranched alkanes of at least 4 members (excludes halogenated alkanes) is 9. The van der Waals surface area contributed by atoms with E-state index in [9.17, 15) is 0 Å². The molecular formula is C16H36OS5. The molecule has 0 spiro atoms. The Balaban J connectivity index is 0. The van der Waals surface area contributed by atoms with Crippen molar-refractivity contribution in [2.75, 3.05) is 5.75 Å². The second-order valence-corrected chi connectivity index (χ2v) is 10.4. The van der Waals surface area contributed by atoms with Gasteiger partial charge >= 0.3 is 0 Å². The molecule has 22 heavy (non-hydrogen) atoms. The SMILES string of the molecule is CC(S)(S)OC(C)(S)S.CCCCCCCCCCCCS. The fourth-order valence-electron chi connectivity index (χ4n) is 1.97. The number of hydrogen-bond acceptors (Lipinski definition) is 6. The minimum absolute atomic E-state index is 0.780. The standard InChI is InChI=1S/C12H26S.C4H10OS4/c1-2-3-4-5-6-7-8-9-10-11-12-13;1-3(6,7)5-4(2,8)9/h13H,2-12H2,1H3;6-9H,1-2H3. The first kappa shape index (κ1) is 25.9. The second kappa shape index (κ2) is 16.2. The van der Waals surface area contributed by atoms with Gasteiger partial charge in [-0.05, 0) is 26.0 Å². The van der Waals surface area contributed by atoms with E-state index in [2.05, 4.69) is 70.1 Å². The Morgan fingerprint density at radius 3 is 1.18 bits per heavy atom. The third-order valence-electron chi connectivity index (χ3n) is 2.90. The highest BCUT2D eigenvalue weighted by atomic mass is 32.2. The molecule has 0 aliphatic carbocycles. The Morgan fingerprint density at radius 2 is 0.955 bits per heavy atom. The van der Waals surface area contributed by atoms with E-state index in [0.29, 0.717) is 0 Å². The van der Waals surface area contributed by atoms with Gasteiger partial charge in [0.25, 0.3) is 0 Å². The van der Waals surface area contributed by atoms with Crippen molar-refractivity contribution in [3.05, 3.63) is 0 Å². The van der Waals surface area contributed by atoms with Gasteiger partial charge in [0.2, 0.25) is 0 Å². The molecule has 0 aromatic carbocycles. The maximum Gasteiger partial charge on any atom is 0.154 e. The van der Waals surface area contributed by atoms with Gasteiger partial charge in [-0.15, -0.1) is 50.5 Å². The van der Waals surface area contributed by atoms with Crippen LogP contribution in [0, 0.1) is 0 Å².